The molecule has 7 unspecified atom stereocenters. The van der Waals surface area contributed by atoms with E-state index in [-0.39, 0.29) is 17.0 Å². The van der Waals surface area contributed by atoms with E-state index in [0.717, 1.165) is 32.1 Å². The Kier molecular flexibility index (Phi) is 3.39. The van der Waals surface area contributed by atoms with Gasteiger partial charge in [-0.25, -0.2) is 0 Å². The average molecular weight is 316 g/mol. The second-order valence-corrected chi connectivity index (χ2v) is 8.79. The molecule has 3 heteroatoms. The van der Waals surface area contributed by atoms with Gasteiger partial charge in [-0.1, -0.05) is 13.0 Å². The maximum atomic E-state index is 12.2. The molecule has 3 fully saturated rings. The van der Waals surface area contributed by atoms with Crippen molar-refractivity contribution in [3.8, 4) is 0 Å². The number of hydrogen-bond acceptors (Lipinski definition) is 3. The monoisotopic (exact) mass is 316 g/mol. The molecule has 0 saturated heterocycles. The zero-order valence-corrected chi connectivity index (χ0v) is 14.3. The zero-order valence-electron chi connectivity index (χ0n) is 14.3. The van der Waals surface area contributed by atoms with Crippen LogP contribution in [0.5, 0.6) is 0 Å². The minimum atomic E-state index is -1.11. The lowest BCUT2D eigenvalue weighted by Crippen LogP contribution is -2.56. The molecule has 0 amide bonds. The Morgan fingerprint density at radius 1 is 1.17 bits per heavy atom. The van der Waals surface area contributed by atoms with Crippen molar-refractivity contribution >= 4 is 11.6 Å². The maximum absolute atomic E-state index is 12.2. The number of carbonyl (C=O) groups excluding carboxylic acids is 2. The van der Waals surface area contributed by atoms with Crippen molar-refractivity contribution in [2.45, 2.75) is 64.4 Å². The van der Waals surface area contributed by atoms with Gasteiger partial charge in [-0.15, -0.1) is 0 Å². The van der Waals surface area contributed by atoms with Crippen LogP contribution in [-0.2, 0) is 9.59 Å². The van der Waals surface area contributed by atoms with Crippen LogP contribution in [0.15, 0.2) is 12.2 Å². The highest BCUT2D eigenvalue weighted by molar-refractivity contribution is 5.90. The fourth-order valence-corrected chi connectivity index (χ4v) is 6.84. The molecule has 126 valence electrons. The lowest BCUT2D eigenvalue weighted by atomic mass is 9.49. The number of ketones is 2. The summed E-state index contributed by atoms with van der Waals surface area (Å²) in [5.74, 6) is 3.04. The van der Waals surface area contributed by atoms with Gasteiger partial charge in [0.15, 0.2) is 11.6 Å². The molecule has 3 saturated carbocycles. The maximum Gasteiger partial charge on any atom is 0.161 e. The topological polar surface area (TPSA) is 54.4 Å². The van der Waals surface area contributed by atoms with Crippen molar-refractivity contribution in [2.75, 3.05) is 0 Å². The standard InChI is InChI=1S/C20H28O3/c1-12(21)20(23)10-8-18-17-5-3-13-11-14(22)4-6-15(13)16(17)7-9-19(18,20)2/h4,6,13,15-18,23H,3,5,7-11H2,1-2H3. The van der Waals surface area contributed by atoms with Crippen molar-refractivity contribution in [1.82, 2.24) is 0 Å². The molecule has 0 bridgehead atoms. The van der Waals surface area contributed by atoms with Crippen molar-refractivity contribution < 1.29 is 14.7 Å². The average Bonchev–Trinajstić information content (AvgIpc) is 2.80. The Morgan fingerprint density at radius 2 is 1.96 bits per heavy atom. The SMILES string of the molecule is CC(=O)C1(O)CCC2C3CCC4CC(=O)C=CC4C3CCC21C. The van der Waals surface area contributed by atoms with E-state index in [4.69, 9.17) is 0 Å². The molecule has 0 spiro atoms. The highest BCUT2D eigenvalue weighted by Gasteiger charge is 2.64. The van der Waals surface area contributed by atoms with Crippen LogP contribution in [0.1, 0.15) is 58.8 Å². The molecule has 3 nitrogen and oxygen atoms in total. The van der Waals surface area contributed by atoms with Gasteiger partial charge in [0.25, 0.3) is 0 Å². The molecule has 4 aliphatic rings. The molecule has 4 rings (SSSR count). The van der Waals surface area contributed by atoms with Crippen molar-refractivity contribution in [2.24, 2.45) is 35.0 Å². The van der Waals surface area contributed by atoms with Gasteiger partial charge in [0.2, 0.25) is 0 Å². The van der Waals surface area contributed by atoms with Crippen LogP contribution in [0.4, 0.5) is 0 Å². The Hall–Kier alpha value is -0.960. The third-order valence-corrected chi connectivity index (χ3v) is 8.10. The summed E-state index contributed by atoms with van der Waals surface area (Å²) in [7, 11) is 0. The number of aliphatic hydroxyl groups is 1. The van der Waals surface area contributed by atoms with E-state index in [9.17, 15) is 14.7 Å². The zero-order chi connectivity index (χ0) is 16.4. The van der Waals surface area contributed by atoms with Gasteiger partial charge in [0, 0.05) is 11.8 Å². The number of carbonyl (C=O) groups is 2. The lowest BCUT2D eigenvalue weighted by molar-refractivity contribution is -0.159. The van der Waals surface area contributed by atoms with Gasteiger partial charge < -0.3 is 5.11 Å². The molecule has 4 aliphatic carbocycles. The summed E-state index contributed by atoms with van der Waals surface area (Å²) in [6.07, 6.45) is 10.7. The van der Waals surface area contributed by atoms with E-state index < -0.39 is 5.60 Å². The molecule has 0 aromatic heterocycles. The fourth-order valence-electron chi connectivity index (χ4n) is 6.84. The summed E-state index contributed by atoms with van der Waals surface area (Å²) >= 11 is 0. The van der Waals surface area contributed by atoms with E-state index in [1.807, 2.05) is 0 Å². The van der Waals surface area contributed by atoms with E-state index in [2.05, 4.69) is 13.0 Å². The molecule has 0 aromatic carbocycles. The first kappa shape index (κ1) is 15.6. The van der Waals surface area contributed by atoms with E-state index in [1.54, 1.807) is 13.0 Å². The second-order valence-electron chi connectivity index (χ2n) is 8.79. The van der Waals surface area contributed by atoms with Gasteiger partial charge >= 0.3 is 0 Å². The molecule has 0 aliphatic heterocycles. The predicted octanol–water partition coefficient (Wildman–Crippen LogP) is 3.30. The minimum absolute atomic E-state index is 0.0437. The largest absolute Gasteiger partial charge is 0.382 e. The van der Waals surface area contributed by atoms with Crippen LogP contribution < -0.4 is 0 Å². The van der Waals surface area contributed by atoms with Gasteiger partial charge in [0.1, 0.15) is 5.60 Å². The first-order valence-electron chi connectivity index (χ1n) is 9.31. The highest BCUT2D eigenvalue weighted by atomic mass is 16.3. The quantitative estimate of drug-likeness (QED) is 0.807. The van der Waals surface area contributed by atoms with Crippen molar-refractivity contribution in [3.05, 3.63) is 12.2 Å². The van der Waals surface area contributed by atoms with Gasteiger partial charge in [0.05, 0.1) is 0 Å². The Morgan fingerprint density at radius 3 is 2.70 bits per heavy atom. The number of rotatable bonds is 1. The van der Waals surface area contributed by atoms with E-state index in [1.165, 1.54) is 6.42 Å². The third kappa shape index (κ3) is 1.98. The molecule has 0 heterocycles. The molecular formula is C20H28O3. The third-order valence-electron chi connectivity index (χ3n) is 8.10. The molecule has 1 N–H and O–H groups in total. The summed E-state index contributed by atoms with van der Waals surface area (Å²) in [6, 6.07) is 0. The summed E-state index contributed by atoms with van der Waals surface area (Å²) in [4.78, 5) is 23.9. The summed E-state index contributed by atoms with van der Waals surface area (Å²) in [5, 5.41) is 11.1. The van der Waals surface area contributed by atoms with Crippen LogP contribution in [-0.4, -0.2) is 22.3 Å². The normalized spacial score (nSPS) is 51.8. The second kappa shape index (κ2) is 5.02. The lowest BCUT2D eigenvalue weighted by Gasteiger charge is -2.55. The van der Waals surface area contributed by atoms with Crippen LogP contribution in [0.3, 0.4) is 0 Å². The molecular weight excluding hydrogens is 288 g/mol. The van der Waals surface area contributed by atoms with Crippen molar-refractivity contribution in [3.63, 3.8) is 0 Å². The summed E-state index contributed by atoms with van der Waals surface area (Å²) < 4.78 is 0. The highest BCUT2D eigenvalue weighted by Crippen LogP contribution is 2.64. The van der Waals surface area contributed by atoms with Crippen LogP contribution in [0.2, 0.25) is 0 Å². The van der Waals surface area contributed by atoms with E-state index in [0.29, 0.717) is 36.0 Å². The fraction of sp³-hybridized carbons (Fsp3) is 0.800. The summed E-state index contributed by atoms with van der Waals surface area (Å²) in [6.45, 7) is 3.72. The Balaban J connectivity index is 1.65. The smallest absolute Gasteiger partial charge is 0.161 e. The number of hydrogen-bond donors (Lipinski definition) is 1. The van der Waals surface area contributed by atoms with Crippen molar-refractivity contribution in [1.29, 1.82) is 0 Å². The Bertz CT molecular complexity index is 579. The first-order chi connectivity index (χ1) is 10.9. The first-order valence-corrected chi connectivity index (χ1v) is 9.31. The van der Waals surface area contributed by atoms with Gasteiger partial charge in [-0.2, -0.15) is 0 Å². The molecule has 23 heavy (non-hydrogen) atoms. The number of allylic oxidation sites excluding steroid dienone is 2. The number of fused-ring (bicyclic) bond motifs is 5. The summed E-state index contributed by atoms with van der Waals surface area (Å²) in [5.41, 5.74) is -1.36. The van der Waals surface area contributed by atoms with E-state index >= 15 is 0 Å². The Labute approximate surface area is 138 Å². The molecule has 7 atom stereocenters. The minimum Gasteiger partial charge on any atom is -0.382 e. The van der Waals surface area contributed by atoms with Gasteiger partial charge in [-0.05, 0) is 81.1 Å². The number of Topliss-reactive ketones (excluding diaryl/α,β-unsaturated/α-hetero) is 1. The van der Waals surface area contributed by atoms with Gasteiger partial charge in [-0.3, -0.25) is 9.59 Å². The predicted molar refractivity (Wildman–Crippen MR) is 87.7 cm³/mol. The van der Waals surface area contributed by atoms with Crippen LogP contribution >= 0.6 is 0 Å². The molecule has 0 aromatic rings. The van der Waals surface area contributed by atoms with Crippen LogP contribution in [0.25, 0.3) is 0 Å². The van der Waals surface area contributed by atoms with Crippen LogP contribution in [0, 0.1) is 35.0 Å². The molecule has 0 radical (unpaired) electrons.